The number of hydrogen-bond donors (Lipinski definition) is 0. The number of alkyl halides is 3. The Bertz CT molecular complexity index is 395. The molecule has 1 aliphatic heterocycles. The molecular formula is C13H17F3N2. The molecule has 100 valence electrons. The van der Waals surface area contributed by atoms with E-state index in [1.807, 2.05) is 19.1 Å². The second-order valence-corrected chi connectivity index (χ2v) is 4.84. The Morgan fingerprint density at radius 3 is 2.56 bits per heavy atom. The van der Waals surface area contributed by atoms with E-state index in [4.69, 9.17) is 0 Å². The lowest BCUT2D eigenvalue weighted by molar-refractivity contribution is -0.185. The molecule has 0 aliphatic carbocycles. The van der Waals surface area contributed by atoms with Crippen LogP contribution in [0.3, 0.4) is 0 Å². The zero-order valence-corrected chi connectivity index (χ0v) is 10.4. The maximum absolute atomic E-state index is 12.5. The van der Waals surface area contributed by atoms with Crippen molar-refractivity contribution in [2.45, 2.75) is 32.5 Å². The Labute approximate surface area is 105 Å². The van der Waals surface area contributed by atoms with Gasteiger partial charge in [-0.3, -0.25) is 9.88 Å². The van der Waals surface area contributed by atoms with E-state index in [1.165, 1.54) is 0 Å². The van der Waals surface area contributed by atoms with Crippen molar-refractivity contribution in [1.82, 2.24) is 9.88 Å². The molecule has 0 aromatic carbocycles. The van der Waals surface area contributed by atoms with Gasteiger partial charge in [-0.05, 0) is 44.5 Å². The summed E-state index contributed by atoms with van der Waals surface area (Å²) in [7, 11) is 0. The summed E-state index contributed by atoms with van der Waals surface area (Å²) >= 11 is 0. The molecule has 2 rings (SSSR count). The minimum Gasteiger partial charge on any atom is -0.299 e. The summed E-state index contributed by atoms with van der Waals surface area (Å²) in [5.41, 5.74) is 2.05. The molecule has 0 spiro atoms. The fraction of sp³-hybridized carbons (Fsp3) is 0.615. The third kappa shape index (κ3) is 3.22. The molecule has 0 radical (unpaired) electrons. The summed E-state index contributed by atoms with van der Waals surface area (Å²) in [4.78, 5) is 6.27. The van der Waals surface area contributed by atoms with Crippen LogP contribution in [0.4, 0.5) is 13.2 Å². The fourth-order valence-corrected chi connectivity index (χ4v) is 2.34. The zero-order valence-electron chi connectivity index (χ0n) is 10.4. The molecule has 18 heavy (non-hydrogen) atoms. The summed E-state index contributed by atoms with van der Waals surface area (Å²) in [6.45, 7) is 3.65. The lowest BCUT2D eigenvalue weighted by atomic mass is 9.96. The van der Waals surface area contributed by atoms with Gasteiger partial charge >= 0.3 is 6.18 Å². The second-order valence-electron chi connectivity index (χ2n) is 4.84. The van der Waals surface area contributed by atoms with Crippen LogP contribution in [0.15, 0.2) is 18.3 Å². The van der Waals surface area contributed by atoms with Crippen LogP contribution >= 0.6 is 0 Å². The van der Waals surface area contributed by atoms with Gasteiger partial charge in [-0.15, -0.1) is 0 Å². The normalized spacial score (nSPS) is 19.1. The van der Waals surface area contributed by atoms with Gasteiger partial charge in [0.2, 0.25) is 0 Å². The van der Waals surface area contributed by atoms with Gasteiger partial charge in [0.15, 0.2) is 0 Å². The van der Waals surface area contributed by atoms with E-state index in [2.05, 4.69) is 9.88 Å². The Morgan fingerprint density at radius 2 is 2.00 bits per heavy atom. The number of nitrogens with zero attached hydrogens (tertiary/aromatic N) is 2. The van der Waals surface area contributed by atoms with Gasteiger partial charge in [0, 0.05) is 18.4 Å². The smallest absolute Gasteiger partial charge is 0.299 e. The van der Waals surface area contributed by atoms with E-state index < -0.39 is 12.1 Å². The van der Waals surface area contributed by atoms with Crippen LogP contribution in [0.2, 0.25) is 0 Å². The first-order valence-corrected chi connectivity index (χ1v) is 6.16. The third-order valence-corrected chi connectivity index (χ3v) is 3.56. The Kier molecular flexibility index (Phi) is 3.90. The van der Waals surface area contributed by atoms with Crippen molar-refractivity contribution < 1.29 is 13.2 Å². The lowest BCUT2D eigenvalue weighted by Gasteiger charge is -2.33. The van der Waals surface area contributed by atoms with Gasteiger partial charge in [-0.2, -0.15) is 13.2 Å². The number of halogens is 3. The number of hydrogen-bond acceptors (Lipinski definition) is 2. The van der Waals surface area contributed by atoms with Crippen molar-refractivity contribution in [3.05, 3.63) is 29.6 Å². The minimum atomic E-state index is -4.03. The Balaban J connectivity index is 1.90. The first-order chi connectivity index (χ1) is 8.47. The number of likely N-dealkylation sites (tertiary alicyclic amines) is 1. The minimum absolute atomic E-state index is 0.211. The van der Waals surface area contributed by atoms with E-state index in [0.717, 1.165) is 11.3 Å². The highest BCUT2D eigenvalue weighted by molar-refractivity contribution is 5.18. The molecule has 1 aromatic rings. The van der Waals surface area contributed by atoms with Crippen molar-refractivity contribution in [3.8, 4) is 0 Å². The maximum Gasteiger partial charge on any atom is 0.391 e. The monoisotopic (exact) mass is 258 g/mol. The van der Waals surface area contributed by atoms with Crippen molar-refractivity contribution in [3.63, 3.8) is 0 Å². The second kappa shape index (κ2) is 5.26. The molecule has 0 atom stereocenters. The molecule has 0 saturated carbocycles. The van der Waals surface area contributed by atoms with Crippen LogP contribution in [-0.2, 0) is 6.54 Å². The first-order valence-electron chi connectivity index (χ1n) is 6.16. The van der Waals surface area contributed by atoms with Crippen LogP contribution in [0.5, 0.6) is 0 Å². The highest BCUT2D eigenvalue weighted by Crippen LogP contribution is 2.34. The molecule has 5 heteroatoms. The molecule has 0 amide bonds. The lowest BCUT2D eigenvalue weighted by Crippen LogP contribution is -2.38. The summed E-state index contributed by atoms with van der Waals surface area (Å²) in [5.74, 6) is -1.12. The predicted octanol–water partition coefficient (Wildman–Crippen LogP) is 3.16. The van der Waals surface area contributed by atoms with Gasteiger partial charge in [-0.25, -0.2) is 0 Å². The Morgan fingerprint density at radius 1 is 1.33 bits per heavy atom. The van der Waals surface area contributed by atoms with Crippen molar-refractivity contribution in [1.29, 1.82) is 0 Å². The number of aromatic nitrogens is 1. The zero-order chi connectivity index (χ0) is 13.2. The highest BCUT2D eigenvalue weighted by Gasteiger charge is 2.40. The number of rotatable bonds is 2. The molecule has 0 unspecified atom stereocenters. The van der Waals surface area contributed by atoms with Gasteiger partial charge in [0.25, 0.3) is 0 Å². The number of aryl methyl sites for hydroxylation is 1. The van der Waals surface area contributed by atoms with Crippen LogP contribution in [-0.4, -0.2) is 29.1 Å². The summed E-state index contributed by atoms with van der Waals surface area (Å²) < 4.78 is 37.6. The summed E-state index contributed by atoms with van der Waals surface area (Å²) in [5, 5.41) is 0. The summed E-state index contributed by atoms with van der Waals surface area (Å²) in [6.07, 6.45) is -1.88. The van der Waals surface area contributed by atoms with E-state index in [1.54, 1.807) is 6.20 Å². The topological polar surface area (TPSA) is 16.1 Å². The predicted molar refractivity (Wildman–Crippen MR) is 63.0 cm³/mol. The highest BCUT2D eigenvalue weighted by atomic mass is 19.4. The van der Waals surface area contributed by atoms with E-state index in [-0.39, 0.29) is 12.8 Å². The largest absolute Gasteiger partial charge is 0.391 e. The number of pyridine rings is 1. The van der Waals surface area contributed by atoms with E-state index in [9.17, 15) is 13.2 Å². The molecule has 1 saturated heterocycles. The van der Waals surface area contributed by atoms with Gasteiger partial charge in [-0.1, -0.05) is 6.07 Å². The molecule has 0 N–H and O–H groups in total. The quantitative estimate of drug-likeness (QED) is 0.810. The molecule has 1 fully saturated rings. The standard InChI is InChI=1S/C13H17F3N2/c1-10-11(3-2-6-17-10)9-18-7-4-12(5-8-18)13(14,15)16/h2-3,6,12H,4-5,7-9H2,1H3. The summed E-state index contributed by atoms with van der Waals surface area (Å²) in [6, 6.07) is 3.85. The average Bonchev–Trinajstić information content (AvgIpc) is 2.32. The molecule has 1 aliphatic rings. The van der Waals surface area contributed by atoms with Crippen molar-refractivity contribution >= 4 is 0 Å². The first kappa shape index (κ1) is 13.3. The van der Waals surface area contributed by atoms with Crippen LogP contribution < -0.4 is 0 Å². The molecule has 2 heterocycles. The van der Waals surface area contributed by atoms with Crippen LogP contribution in [0, 0.1) is 12.8 Å². The molecule has 2 nitrogen and oxygen atoms in total. The van der Waals surface area contributed by atoms with E-state index >= 15 is 0 Å². The van der Waals surface area contributed by atoms with Gasteiger partial charge in [0.1, 0.15) is 0 Å². The molecule has 0 bridgehead atoms. The van der Waals surface area contributed by atoms with Gasteiger partial charge < -0.3 is 0 Å². The molecule has 1 aromatic heterocycles. The SMILES string of the molecule is Cc1ncccc1CN1CCC(C(F)(F)F)CC1. The Hall–Kier alpha value is -1.10. The third-order valence-electron chi connectivity index (χ3n) is 3.56. The van der Waals surface area contributed by atoms with E-state index in [0.29, 0.717) is 19.6 Å². The number of piperidine rings is 1. The van der Waals surface area contributed by atoms with Gasteiger partial charge in [0.05, 0.1) is 5.92 Å². The van der Waals surface area contributed by atoms with Crippen LogP contribution in [0.1, 0.15) is 24.1 Å². The fourth-order valence-electron chi connectivity index (χ4n) is 2.34. The van der Waals surface area contributed by atoms with Crippen molar-refractivity contribution in [2.24, 2.45) is 5.92 Å². The average molecular weight is 258 g/mol. The van der Waals surface area contributed by atoms with Crippen LogP contribution in [0.25, 0.3) is 0 Å². The van der Waals surface area contributed by atoms with Crippen molar-refractivity contribution in [2.75, 3.05) is 13.1 Å². The maximum atomic E-state index is 12.5. The molecular weight excluding hydrogens is 241 g/mol.